The van der Waals surface area contributed by atoms with Crippen LogP contribution in [0.3, 0.4) is 0 Å². The molecule has 1 aliphatic rings. The molecule has 2 aromatic rings. The Bertz CT molecular complexity index is 484. The fourth-order valence-corrected chi connectivity index (χ4v) is 2.62. The van der Waals surface area contributed by atoms with E-state index in [1.165, 1.54) is 0 Å². The lowest BCUT2D eigenvalue weighted by Crippen LogP contribution is -2.18. The Morgan fingerprint density at radius 2 is 2.25 bits per heavy atom. The molecule has 0 aliphatic carbocycles. The summed E-state index contributed by atoms with van der Waals surface area (Å²) in [5, 5.41) is 12.9. The summed E-state index contributed by atoms with van der Waals surface area (Å²) in [5.41, 5.74) is 0.871. The van der Waals surface area contributed by atoms with Gasteiger partial charge in [0.2, 0.25) is 0 Å². The molecule has 1 aromatic heterocycles. The maximum atomic E-state index is 10.0. The molecular weight excluding hydrogens is 222 g/mol. The van der Waals surface area contributed by atoms with Crippen LogP contribution < -0.4 is 4.74 Å². The largest absolute Gasteiger partial charge is 0.483 e. The fraction of sp³-hybridized carbons (Fsp3) is 0.250. The average Bonchev–Trinajstić information content (AvgIpc) is 2.82. The zero-order valence-electron chi connectivity index (χ0n) is 8.54. The van der Waals surface area contributed by atoms with Crippen molar-refractivity contribution in [3.63, 3.8) is 0 Å². The molecule has 1 aromatic carbocycles. The molecule has 16 heavy (non-hydrogen) atoms. The highest BCUT2D eigenvalue weighted by atomic mass is 32.1. The lowest BCUT2D eigenvalue weighted by molar-refractivity contribution is 0.0656. The number of rotatable bonds is 1. The summed E-state index contributed by atoms with van der Waals surface area (Å²) in [6.45, 7) is 0. The lowest BCUT2D eigenvalue weighted by Gasteiger charge is -2.28. The Morgan fingerprint density at radius 3 is 3.06 bits per heavy atom. The maximum Gasteiger partial charge on any atom is 0.153 e. The first-order valence-electron chi connectivity index (χ1n) is 5.17. The van der Waals surface area contributed by atoms with Gasteiger partial charge < -0.3 is 9.84 Å². The number of nitrogens with zero attached hydrogens (tertiary/aromatic N) is 1. The molecule has 0 spiro atoms. The summed E-state index contributed by atoms with van der Waals surface area (Å²) in [4.78, 5) is 4.23. The standard InChI is InChI=1S/C12H11NO2S/c14-9-7-11(12-13-5-6-16-12)15-10-4-2-1-3-8(9)10/h1-6,9,11,14H,7H2/t9-,11?/m0/s1. The van der Waals surface area contributed by atoms with Crippen molar-refractivity contribution in [2.45, 2.75) is 18.6 Å². The van der Waals surface area contributed by atoms with Crippen LogP contribution in [0, 0.1) is 0 Å². The van der Waals surface area contributed by atoms with E-state index in [0.717, 1.165) is 16.3 Å². The minimum atomic E-state index is -0.459. The van der Waals surface area contributed by atoms with E-state index in [1.807, 2.05) is 29.6 Å². The zero-order valence-corrected chi connectivity index (χ0v) is 9.35. The number of fused-ring (bicyclic) bond motifs is 1. The van der Waals surface area contributed by atoms with Crippen LogP contribution in [-0.2, 0) is 0 Å². The Morgan fingerprint density at radius 1 is 1.38 bits per heavy atom. The molecule has 0 fully saturated rings. The van der Waals surface area contributed by atoms with Crippen LogP contribution >= 0.6 is 11.3 Å². The molecule has 0 saturated carbocycles. The van der Waals surface area contributed by atoms with Gasteiger partial charge in [0.25, 0.3) is 0 Å². The molecule has 82 valence electrons. The molecule has 1 N–H and O–H groups in total. The van der Waals surface area contributed by atoms with Gasteiger partial charge in [0.15, 0.2) is 6.10 Å². The van der Waals surface area contributed by atoms with Crippen LogP contribution in [0.2, 0.25) is 0 Å². The van der Waals surface area contributed by atoms with E-state index in [4.69, 9.17) is 4.74 Å². The molecule has 3 rings (SSSR count). The second-order valence-electron chi connectivity index (χ2n) is 3.77. The zero-order chi connectivity index (χ0) is 11.0. The quantitative estimate of drug-likeness (QED) is 0.823. The lowest BCUT2D eigenvalue weighted by atomic mass is 9.99. The highest BCUT2D eigenvalue weighted by molar-refractivity contribution is 7.09. The summed E-state index contributed by atoms with van der Waals surface area (Å²) < 4.78 is 5.83. The van der Waals surface area contributed by atoms with Gasteiger partial charge in [-0.15, -0.1) is 11.3 Å². The monoisotopic (exact) mass is 233 g/mol. The van der Waals surface area contributed by atoms with Gasteiger partial charge in [0, 0.05) is 23.6 Å². The number of thiazole rings is 1. The number of benzene rings is 1. The summed E-state index contributed by atoms with van der Waals surface area (Å²) >= 11 is 1.56. The van der Waals surface area contributed by atoms with Crippen LogP contribution in [0.1, 0.15) is 29.2 Å². The van der Waals surface area contributed by atoms with Crippen LogP contribution in [0.25, 0.3) is 0 Å². The van der Waals surface area contributed by atoms with Crippen LogP contribution in [0.15, 0.2) is 35.8 Å². The van der Waals surface area contributed by atoms with Crippen molar-refractivity contribution in [2.75, 3.05) is 0 Å². The molecule has 1 unspecified atom stereocenters. The normalized spacial score (nSPS) is 23.6. The van der Waals surface area contributed by atoms with E-state index in [2.05, 4.69) is 4.98 Å². The molecule has 0 amide bonds. The van der Waals surface area contributed by atoms with Crippen molar-refractivity contribution in [3.8, 4) is 5.75 Å². The van der Waals surface area contributed by atoms with E-state index in [0.29, 0.717) is 6.42 Å². The van der Waals surface area contributed by atoms with Crippen molar-refractivity contribution in [3.05, 3.63) is 46.4 Å². The van der Waals surface area contributed by atoms with Gasteiger partial charge in [-0.05, 0) is 6.07 Å². The highest BCUT2D eigenvalue weighted by Gasteiger charge is 2.28. The number of aromatic nitrogens is 1. The third-order valence-corrected chi connectivity index (χ3v) is 3.58. The fourth-order valence-electron chi connectivity index (χ4n) is 1.94. The first-order valence-corrected chi connectivity index (χ1v) is 6.05. The minimum Gasteiger partial charge on any atom is -0.483 e. The summed E-state index contributed by atoms with van der Waals surface area (Å²) in [5.74, 6) is 0.765. The van der Waals surface area contributed by atoms with Crippen LogP contribution in [0.4, 0.5) is 0 Å². The second-order valence-corrected chi connectivity index (χ2v) is 4.69. The van der Waals surface area contributed by atoms with E-state index < -0.39 is 6.10 Å². The Hall–Kier alpha value is -1.39. The van der Waals surface area contributed by atoms with Gasteiger partial charge in [0.05, 0.1) is 6.10 Å². The number of aliphatic hydroxyl groups is 1. The molecular formula is C12H11NO2S. The number of hydrogen-bond acceptors (Lipinski definition) is 4. The Labute approximate surface area is 97.3 Å². The molecule has 0 saturated heterocycles. The second kappa shape index (κ2) is 3.88. The molecule has 1 aliphatic heterocycles. The van der Waals surface area contributed by atoms with Crippen LogP contribution in [-0.4, -0.2) is 10.1 Å². The average molecular weight is 233 g/mol. The number of ether oxygens (including phenoxy) is 1. The highest BCUT2D eigenvalue weighted by Crippen LogP contribution is 2.40. The third kappa shape index (κ3) is 1.60. The van der Waals surface area contributed by atoms with Crippen molar-refractivity contribution in [1.29, 1.82) is 0 Å². The molecule has 0 radical (unpaired) electrons. The smallest absolute Gasteiger partial charge is 0.153 e. The van der Waals surface area contributed by atoms with Gasteiger partial charge in [-0.25, -0.2) is 4.98 Å². The third-order valence-electron chi connectivity index (χ3n) is 2.71. The number of aliphatic hydroxyl groups excluding tert-OH is 1. The van der Waals surface area contributed by atoms with Gasteiger partial charge >= 0.3 is 0 Å². The topological polar surface area (TPSA) is 42.4 Å². The van der Waals surface area contributed by atoms with Gasteiger partial charge in [0.1, 0.15) is 10.8 Å². The van der Waals surface area contributed by atoms with E-state index in [-0.39, 0.29) is 6.10 Å². The van der Waals surface area contributed by atoms with Gasteiger partial charge in [-0.1, -0.05) is 18.2 Å². The van der Waals surface area contributed by atoms with Crippen LogP contribution in [0.5, 0.6) is 5.75 Å². The predicted octanol–water partition coefficient (Wildman–Crippen LogP) is 2.70. The maximum absolute atomic E-state index is 10.0. The summed E-state index contributed by atoms with van der Waals surface area (Å²) in [7, 11) is 0. The SMILES string of the molecule is O[C@H]1CC(c2nccs2)Oc2ccccc21. The number of para-hydroxylation sites is 1. The first kappa shape index (κ1) is 9.81. The number of hydrogen-bond donors (Lipinski definition) is 1. The van der Waals surface area contributed by atoms with Crippen molar-refractivity contribution >= 4 is 11.3 Å². The van der Waals surface area contributed by atoms with Crippen molar-refractivity contribution < 1.29 is 9.84 Å². The van der Waals surface area contributed by atoms with Crippen molar-refractivity contribution in [1.82, 2.24) is 4.98 Å². The van der Waals surface area contributed by atoms with E-state index in [9.17, 15) is 5.11 Å². The summed E-state index contributed by atoms with van der Waals surface area (Å²) in [6, 6.07) is 7.61. The molecule has 4 heteroatoms. The van der Waals surface area contributed by atoms with E-state index >= 15 is 0 Å². The Balaban J connectivity index is 1.95. The van der Waals surface area contributed by atoms with Gasteiger partial charge in [-0.3, -0.25) is 0 Å². The van der Waals surface area contributed by atoms with E-state index in [1.54, 1.807) is 17.5 Å². The molecule has 2 heterocycles. The minimum absolute atomic E-state index is 0.120. The summed E-state index contributed by atoms with van der Waals surface area (Å²) in [6.07, 6.45) is 1.75. The molecule has 0 bridgehead atoms. The molecule has 2 atom stereocenters. The predicted molar refractivity (Wildman–Crippen MR) is 61.5 cm³/mol. The Kier molecular flexibility index (Phi) is 2.38. The van der Waals surface area contributed by atoms with Crippen molar-refractivity contribution in [2.24, 2.45) is 0 Å². The van der Waals surface area contributed by atoms with Gasteiger partial charge in [-0.2, -0.15) is 0 Å². The first-order chi connectivity index (χ1) is 7.84. The molecule has 3 nitrogen and oxygen atoms in total.